The van der Waals surface area contributed by atoms with Crippen molar-refractivity contribution >= 4 is 17.8 Å². The molecule has 1 aromatic rings. The van der Waals surface area contributed by atoms with Gasteiger partial charge in [-0.3, -0.25) is 9.59 Å². The second-order valence-corrected chi connectivity index (χ2v) is 4.39. The number of benzene rings is 1. The van der Waals surface area contributed by atoms with Gasteiger partial charge in [-0.05, 0) is 31.0 Å². The standard InChI is InChI=1S/C13H16N2O5/c1-7-2-3-8(10(16)6-7)12(18)15-9(13(19)20)4-5-11(14)17/h2-3,6,9,16H,4-5H2,1H3,(H2,14,17)(H,15,18)(H,19,20)/t9-/m0/s1. The van der Waals surface area contributed by atoms with E-state index in [0.717, 1.165) is 5.56 Å². The van der Waals surface area contributed by atoms with E-state index in [1.54, 1.807) is 13.0 Å². The van der Waals surface area contributed by atoms with Crippen LogP contribution in [-0.2, 0) is 9.59 Å². The quantitative estimate of drug-likeness (QED) is 0.589. The lowest BCUT2D eigenvalue weighted by molar-refractivity contribution is -0.139. The van der Waals surface area contributed by atoms with Gasteiger partial charge >= 0.3 is 5.97 Å². The number of phenolic OH excluding ortho intramolecular Hbond substituents is 1. The molecule has 0 bridgehead atoms. The molecule has 20 heavy (non-hydrogen) atoms. The summed E-state index contributed by atoms with van der Waals surface area (Å²) in [6.07, 6.45) is -0.264. The molecule has 0 unspecified atom stereocenters. The summed E-state index contributed by atoms with van der Waals surface area (Å²) in [5.41, 5.74) is 5.68. The van der Waals surface area contributed by atoms with Crippen molar-refractivity contribution in [1.82, 2.24) is 5.32 Å². The Morgan fingerprint density at radius 2 is 2.00 bits per heavy atom. The molecule has 0 aliphatic heterocycles. The van der Waals surface area contributed by atoms with E-state index in [1.807, 2.05) is 0 Å². The Kier molecular flexibility index (Phi) is 5.08. The summed E-state index contributed by atoms with van der Waals surface area (Å²) in [7, 11) is 0. The highest BCUT2D eigenvalue weighted by molar-refractivity contribution is 5.98. The molecule has 2 amide bonds. The van der Waals surface area contributed by atoms with Crippen molar-refractivity contribution in [1.29, 1.82) is 0 Å². The van der Waals surface area contributed by atoms with Gasteiger partial charge in [-0.25, -0.2) is 4.79 Å². The number of carbonyl (C=O) groups excluding carboxylic acids is 2. The Balaban J connectivity index is 2.80. The van der Waals surface area contributed by atoms with E-state index in [0.29, 0.717) is 0 Å². The summed E-state index contributed by atoms with van der Waals surface area (Å²) in [4.78, 5) is 33.5. The van der Waals surface area contributed by atoms with Crippen molar-refractivity contribution < 1.29 is 24.6 Å². The predicted octanol–water partition coefficient (Wildman–Crippen LogP) is 0.149. The van der Waals surface area contributed by atoms with Crippen LogP contribution in [0.4, 0.5) is 0 Å². The van der Waals surface area contributed by atoms with E-state index in [9.17, 15) is 19.5 Å². The van der Waals surface area contributed by atoms with E-state index in [1.165, 1.54) is 12.1 Å². The third-order valence-corrected chi connectivity index (χ3v) is 2.68. The monoisotopic (exact) mass is 280 g/mol. The second-order valence-electron chi connectivity index (χ2n) is 4.39. The Morgan fingerprint density at radius 3 is 2.50 bits per heavy atom. The minimum atomic E-state index is -1.27. The van der Waals surface area contributed by atoms with Crippen LogP contribution in [0.3, 0.4) is 0 Å². The van der Waals surface area contributed by atoms with Gasteiger partial charge in [0.05, 0.1) is 5.56 Å². The van der Waals surface area contributed by atoms with E-state index in [-0.39, 0.29) is 24.2 Å². The van der Waals surface area contributed by atoms with Crippen LogP contribution in [0.1, 0.15) is 28.8 Å². The molecule has 7 heteroatoms. The van der Waals surface area contributed by atoms with Crippen LogP contribution in [0, 0.1) is 6.92 Å². The molecule has 0 aromatic heterocycles. The molecule has 1 rings (SSSR count). The fraction of sp³-hybridized carbons (Fsp3) is 0.308. The lowest BCUT2D eigenvalue weighted by Gasteiger charge is -2.14. The predicted molar refractivity (Wildman–Crippen MR) is 70.2 cm³/mol. The molecule has 0 saturated carbocycles. The smallest absolute Gasteiger partial charge is 0.326 e. The molecule has 0 saturated heterocycles. The molecule has 1 atom stereocenters. The first kappa shape index (κ1) is 15.5. The zero-order valence-corrected chi connectivity index (χ0v) is 10.9. The lowest BCUT2D eigenvalue weighted by atomic mass is 10.1. The average Bonchev–Trinajstić information content (AvgIpc) is 2.33. The molecule has 0 spiro atoms. The third kappa shape index (κ3) is 4.27. The number of nitrogens with one attached hydrogen (secondary N) is 1. The summed E-state index contributed by atoms with van der Waals surface area (Å²) < 4.78 is 0. The summed E-state index contributed by atoms with van der Waals surface area (Å²) in [5, 5.41) is 20.9. The van der Waals surface area contributed by atoms with Crippen LogP contribution in [-0.4, -0.2) is 34.0 Å². The van der Waals surface area contributed by atoms with Crippen molar-refractivity contribution in [2.45, 2.75) is 25.8 Å². The zero-order chi connectivity index (χ0) is 15.3. The number of carboxylic acid groups (broad SMARTS) is 1. The van der Waals surface area contributed by atoms with Crippen molar-refractivity contribution in [2.24, 2.45) is 5.73 Å². The Morgan fingerprint density at radius 1 is 1.35 bits per heavy atom. The maximum atomic E-state index is 11.9. The van der Waals surface area contributed by atoms with Crippen molar-refractivity contribution in [2.75, 3.05) is 0 Å². The lowest BCUT2D eigenvalue weighted by Crippen LogP contribution is -2.41. The summed E-state index contributed by atoms with van der Waals surface area (Å²) >= 11 is 0. The highest BCUT2D eigenvalue weighted by Gasteiger charge is 2.22. The number of carbonyl (C=O) groups is 3. The topological polar surface area (TPSA) is 130 Å². The fourth-order valence-electron chi connectivity index (χ4n) is 1.61. The molecule has 0 fully saturated rings. The van der Waals surface area contributed by atoms with Gasteiger partial charge in [0.25, 0.3) is 5.91 Å². The largest absolute Gasteiger partial charge is 0.507 e. The number of primary amides is 1. The first-order valence-electron chi connectivity index (χ1n) is 5.93. The first-order valence-corrected chi connectivity index (χ1v) is 5.93. The molecule has 7 nitrogen and oxygen atoms in total. The number of hydrogen-bond donors (Lipinski definition) is 4. The fourth-order valence-corrected chi connectivity index (χ4v) is 1.61. The first-order chi connectivity index (χ1) is 9.31. The normalized spacial score (nSPS) is 11.7. The molecule has 0 radical (unpaired) electrons. The summed E-state index contributed by atoms with van der Waals surface area (Å²) in [6.45, 7) is 1.74. The number of aryl methyl sites for hydroxylation is 1. The van der Waals surface area contributed by atoms with Crippen LogP contribution in [0.25, 0.3) is 0 Å². The molecular weight excluding hydrogens is 264 g/mol. The number of aliphatic carboxylic acids is 1. The van der Waals surface area contributed by atoms with Crippen LogP contribution in [0.5, 0.6) is 5.75 Å². The van der Waals surface area contributed by atoms with E-state index >= 15 is 0 Å². The van der Waals surface area contributed by atoms with Crippen LogP contribution >= 0.6 is 0 Å². The summed E-state index contributed by atoms with van der Waals surface area (Å²) in [5.74, 6) is -2.88. The van der Waals surface area contributed by atoms with Crippen LogP contribution in [0.2, 0.25) is 0 Å². The Labute approximate surface area is 115 Å². The van der Waals surface area contributed by atoms with Crippen LogP contribution in [0.15, 0.2) is 18.2 Å². The molecule has 0 aliphatic carbocycles. The third-order valence-electron chi connectivity index (χ3n) is 2.68. The number of phenols is 1. The van der Waals surface area contributed by atoms with Gasteiger partial charge in [-0.2, -0.15) is 0 Å². The summed E-state index contributed by atoms with van der Waals surface area (Å²) in [6, 6.07) is 3.17. The maximum absolute atomic E-state index is 11.9. The number of carboxylic acids is 1. The van der Waals surface area contributed by atoms with Gasteiger partial charge in [0.2, 0.25) is 5.91 Å². The minimum absolute atomic E-state index is 0.0269. The molecule has 0 aliphatic rings. The highest BCUT2D eigenvalue weighted by atomic mass is 16.4. The van der Waals surface area contributed by atoms with E-state index < -0.39 is 23.8 Å². The number of nitrogens with two attached hydrogens (primary N) is 1. The molecule has 0 heterocycles. The molecular formula is C13H16N2O5. The van der Waals surface area contributed by atoms with Gasteiger partial charge in [-0.1, -0.05) is 6.07 Å². The zero-order valence-electron chi connectivity index (χ0n) is 10.9. The maximum Gasteiger partial charge on any atom is 0.326 e. The highest BCUT2D eigenvalue weighted by Crippen LogP contribution is 2.18. The second kappa shape index (κ2) is 6.55. The Hall–Kier alpha value is -2.57. The minimum Gasteiger partial charge on any atom is -0.507 e. The van der Waals surface area contributed by atoms with Crippen LogP contribution < -0.4 is 11.1 Å². The molecule has 5 N–H and O–H groups in total. The Bertz CT molecular complexity index is 542. The molecule has 108 valence electrons. The van der Waals surface area contributed by atoms with Crippen molar-refractivity contribution in [3.05, 3.63) is 29.3 Å². The average molecular weight is 280 g/mol. The van der Waals surface area contributed by atoms with Gasteiger partial charge in [0, 0.05) is 6.42 Å². The number of hydrogen-bond acceptors (Lipinski definition) is 4. The van der Waals surface area contributed by atoms with E-state index in [4.69, 9.17) is 10.8 Å². The van der Waals surface area contributed by atoms with E-state index in [2.05, 4.69) is 5.32 Å². The number of amides is 2. The van der Waals surface area contributed by atoms with Gasteiger partial charge in [-0.15, -0.1) is 0 Å². The van der Waals surface area contributed by atoms with Crippen molar-refractivity contribution in [3.8, 4) is 5.75 Å². The SMILES string of the molecule is Cc1ccc(C(=O)N[C@@H](CCC(N)=O)C(=O)O)c(O)c1. The van der Waals surface area contributed by atoms with Crippen molar-refractivity contribution in [3.63, 3.8) is 0 Å². The van der Waals surface area contributed by atoms with Gasteiger partial charge < -0.3 is 21.3 Å². The molecule has 1 aromatic carbocycles. The number of aromatic hydroxyl groups is 1. The van der Waals surface area contributed by atoms with Gasteiger partial charge in [0.15, 0.2) is 0 Å². The number of rotatable bonds is 6. The van der Waals surface area contributed by atoms with Gasteiger partial charge in [0.1, 0.15) is 11.8 Å².